The maximum absolute atomic E-state index is 13.6. The summed E-state index contributed by atoms with van der Waals surface area (Å²) in [5.41, 5.74) is 1.63. The lowest BCUT2D eigenvalue weighted by Gasteiger charge is -2.12. The van der Waals surface area contributed by atoms with Gasteiger partial charge in [-0.2, -0.15) is 4.98 Å². The molecule has 1 aromatic carbocycles. The van der Waals surface area contributed by atoms with E-state index in [1.807, 2.05) is 45.0 Å². The van der Waals surface area contributed by atoms with E-state index < -0.39 is 0 Å². The minimum Gasteiger partial charge on any atom is -0.497 e. The minimum absolute atomic E-state index is 0.0809. The largest absolute Gasteiger partial charge is 0.497 e. The number of hydrogen-bond donors (Lipinski definition) is 0. The molecule has 3 aromatic heterocycles. The van der Waals surface area contributed by atoms with Crippen LogP contribution in [0.5, 0.6) is 5.75 Å². The van der Waals surface area contributed by atoms with Gasteiger partial charge in [0, 0.05) is 16.9 Å². The first-order valence-corrected chi connectivity index (χ1v) is 11.9. The van der Waals surface area contributed by atoms with Gasteiger partial charge in [0.15, 0.2) is 11.0 Å². The van der Waals surface area contributed by atoms with Gasteiger partial charge in [-0.3, -0.25) is 9.36 Å². The van der Waals surface area contributed by atoms with Crippen LogP contribution in [0, 0.1) is 6.92 Å². The van der Waals surface area contributed by atoms with Gasteiger partial charge in [-0.25, -0.2) is 4.98 Å². The Bertz CT molecular complexity index is 1290. The summed E-state index contributed by atoms with van der Waals surface area (Å²) in [4.78, 5) is 24.9. The summed E-state index contributed by atoms with van der Waals surface area (Å²) >= 11 is 2.99. The van der Waals surface area contributed by atoms with E-state index >= 15 is 0 Å². The Hall–Kier alpha value is -2.65. The van der Waals surface area contributed by atoms with Crippen LogP contribution in [-0.4, -0.2) is 26.8 Å². The standard InChI is InChI=1S/C22H24N4O3S2/c1-6-16-13(4)18-20(31-16)24-22(30-11-17-23-19(12(2)3)25-29-17)26(21(18)27)14-8-7-9-15(10-14)28-5/h7-10,12H,6,11H2,1-5H3. The van der Waals surface area contributed by atoms with Crippen LogP contribution >= 0.6 is 23.1 Å². The Labute approximate surface area is 188 Å². The molecule has 31 heavy (non-hydrogen) atoms. The number of benzene rings is 1. The van der Waals surface area contributed by atoms with Crippen LogP contribution in [0.4, 0.5) is 0 Å². The second-order valence-electron chi connectivity index (χ2n) is 7.41. The van der Waals surface area contributed by atoms with Crippen molar-refractivity contribution in [1.82, 2.24) is 19.7 Å². The average Bonchev–Trinajstić information content (AvgIpc) is 3.37. The summed E-state index contributed by atoms with van der Waals surface area (Å²) in [6.45, 7) is 8.12. The van der Waals surface area contributed by atoms with Gasteiger partial charge in [-0.15, -0.1) is 11.3 Å². The number of aryl methyl sites for hydroxylation is 2. The van der Waals surface area contributed by atoms with Crippen LogP contribution in [0.2, 0.25) is 0 Å². The Morgan fingerprint density at radius 2 is 2.10 bits per heavy atom. The number of methoxy groups -OCH3 is 1. The summed E-state index contributed by atoms with van der Waals surface area (Å²) in [7, 11) is 1.61. The molecular weight excluding hydrogens is 432 g/mol. The van der Waals surface area contributed by atoms with Crippen molar-refractivity contribution in [3.05, 3.63) is 56.8 Å². The Morgan fingerprint density at radius 1 is 1.29 bits per heavy atom. The topological polar surface area (TPSA) is 83.0 Å². The van der Waals surface area contributed by atoms with Gasteiger partial charge in [0.2, 0.25) is 5.89 Å². The van der Waals surface area contributed by atoms with Gasteiger partial charge in [-0.1, -0.05) is 43.8 Å². The highest BCUT2D eigenvalue weighted by Gasteiger charge is 2.20. The predicted octanol–water partition coefficient (Wildman–Crippen LogP) is 5.13. The first-order chi connectivity index (χ1) is 14.9. The summed E-state index contributed by atoms with van der Waals surface area (Å²) in [5, 5.41) is 5.28. The number of rotatable bonds is 7. The summed E-state index contributed by atoms with van der Waals surface area (Å²) < 4.78 is 12.4. The van der Waals surface area contributed by atoms with Crippen LogP contribution in [0.3, 0.4) is 0 Å². The first-order valence-electron chi connectivity index (χ1n) is 10.1. The fourth-order valence-corrected chi connectivity index (χ4v) is 5.32. The number of nitrogens with zero attached hydrogens (tertiary/aromatic N) is 4. The summed E-state index contributed by atoms with van der Waals surface area (Å²) in [6, 6.07) is 7.44. The molecule has 4 aromatic rings. The van der Waals surface area contributed by atoms with Crippen LogP contribution in [-0.2, 0) is 12.2 Å². The van der Waals surface area contributed by atoms with Crippen molar-refractivity contribution >= 4 is 33.3 Å². The van der Waals surface area contributed by atoms with E-state index in [0.29, 0.717) is 39.4 Å². The Morgan fingerprint density at radius 3 is 2.77 bits per heavy atom. The van der Waals surface area contributed by atoms with Crippen molar-refractivity contribution in [3.63, 3.8) is 0 Å². The third kappa shape index (κ3) is 4.12. The molecule has 0 amide bonds. The molecule has 0 aliphatic carbocycles. The molecule has 0 aliphatic rings. The van der Waals surface area contributed by atoms with Crippen molar-refractivity contribution in [2.45, 2.75) is 50.9 Å². The van der Waals surface area contributed by atoms with Crippen molar-refractivity contribution in [3.8, 4) is 11.4 Å². The van der Waals surface area contributed by atoms with Crippen molar-refractivity contribution in [1.29, 1.82) is 0 Å². The van der Waals surface area contributed by atoms with Gasteiger partial charge < -0.3 is 9.26 Å². The third-order valence-corrected chi connectivity index (χ3v) is 7.24. The fourth-order valence-electron chi connectivity index (χ4n) is 3.31. The summed E-state index contributed by atoms with van der Waals surface area (Å²) in [6.07, 6.45) is 0.869. The quantitative estimate of drug-likeness (QED) is 0.282. The zero-order valence-corrected chi connectivity index (χ0v) is 19.8. The molecule has 0 radical (unpaired) electrons. The molecule has 0 atom stereocenters. The van der Waals surface area contributed by atoms with E-state index in [0.717, 1.165) is 16.8 Å². The molecule has 0 bridgehead atoms. The molecular formula is C22H24N4O3S2. The van der Waals surface area contributed by atoms with Gasteiger partial charge in [0.25, 0.3) is 5.56 Å². The zero-order chi connectivity index (χ0) is 22.1. The molecule has 0 fully saturated rings. The normalized spacial score (nSPS) is 11.5. The lowest BCUT2D eigenvalue weighted by Crippen LogP contribution is -2.21. The van der Waals surface area contributed by atoms with Crippen LogP contribution in [0.1, 0.15) is 48.8 Å². The van der Waals surface area contributed by atoms with Crippen molar-refractivity contribution < 1.29 is 9.26 Å². The maximum Gasteiger partial charge on any atom is 0.267 e. The number of aromatic nitrogens is 4. The lowest BCUT2D eigenvalue weighted by molar-refractivity contribution is 0.382. The minimum atomic E-state index is -0.0809. The van der Waals surface area contributed by atoms with Crippen molar-refractivity contribution in [2.75, 3.05) is 7.11 Å². The maximum atomic E-state index is 13.6. The molecule has 0 N–H and O–H groups in total. The number of hydrogen-bond acceptors (Lipinski definition) is 8. The van der Waals surface area contributed by atoms with Gasteiger partial charge in [0.1, 0.15) is 10.6 Å². The van der Waals surface area contributed by atoms with E-state index in [1.165, 1.54) is 16.6 Å². The Balaban J connectivity index is 1.84. The number of thiophene rings is 1. The van der Waals surface area contributed by atoms with Crippen molar-refractivity contribution in [2.24, 2.45) is 0 Å². The van der Waals surface area contributed by atoms with E-state index in [1.54, 1.807) is 23.0 Å². The van der Waals surface area contributed by atoms with E-state index in [9.17, 15) is 4.79 Å². The molecule has 9 heteroatoms. The third-order valence-electron chi connectivity index (χ3n) is 4.99. The van der Waals surface area contributed by atoms with E-state index in [-0.39, 0.29) is 11.5 Å². The number of ether oxygens (including phenoxy) is 1. The molecule has 0 saturated heterocycles. The number of fused-ring (bicyclic) bond motifs is 1. The van der Waals surface area contributed by atoms with Gasteiger partial charge in [-0.05, 0) is 31.0 Å². The second-order valence-corrected chi connectivity index (χ2v) is 9.44. The molecule has 3 heterocycles. The molecule has 0 saturated carbocycles. The second kappa shape index (κ2) is 8.84. The highest BCUT2D eigenvalue weighted by molar-refractivity contribution is 7.98. The fraction of sp³-hybridized carbons (Fsp3) is 0.364. The molecule has 4 rings (SSSR count). The van der Waals surface area contributed by atoms with E-state index in [4.69, 9.17) is 14.2 Å². The van der Waals surface area contributed by atoms with Gasteiger partial charge >= 0.3 is 0 Å². The van der Waals surface area contributed by atoms with Crippen LogP contribution in [0.15, 0.2) is 38.7 Å². The highest BCUT2D eigenvalue weighted by atomic mass is 32.2. The number of thioether (sulfide) groups is 1. The lowest BCUT2D eigenvalue weighted by atomic mass is 10.2. The molecule has 162 valence electrons. The molecule has 0 unspecified atom stereocenters. The molecule has 0 spiro atoms. The van der Waals surface area contributed by atoms with Gasteiger partial charge in [0.05, 0.1) is 23.9 Å². The SMILES string of the molecule is CCc1sc2nc(SCc3nc(C(C)C)no3)n(-c3cccc(OC)c3)c(=O)c2c1C. The average molecular weight is 457 g/mol. The van der Waals surface area contributed by atoms with Crippen LogP contribution < -0.4 is 10.3 Å². The zero-order valence-electron chi connectivity index (χ0n) is 18.1. The Kier molecular flexibility index (Phi) is 6.15. The van der Waals surface area contributed by atoms with Crippen LogP contribution in [0.25, 0.3) is 15.9 Å². The summed E-state index contributed by atoms with van der Waals surface area (Å²) in [5.74, 6) is 2.47. The highest BCUT2D eigenvalue weighted by Crippen LogP contribution is 2.32. The molecule has 7 nitrogen and oxygen atoms in total. The molecule has 0 aliphatic heterocycles. The van der Waals surface area contributed by atoms with E-state index in [2.05, 4.69) is 17.1 Å². The predicted molar refractivity (Wildman–Crippen MR) is 124 cm³/mol. The first kappa shape index (κ1) is 21.6. The smallest absolute Gasteiger partial charge is 0.267 e. The monoisotopic (exact) mass is 456 g/mol.